The Kier molecular flexibility index (Phi) is 11.1. The van der Waals surface area contributed by atoms with Gasteiger partial charge in [0.15, 0.2) is 0 Å². The Hall–Kier alpha value is -3.01. The Bertz CT molecular complexity index is 1150. The van der Waals surface area contributed by atoms with Crippen molar-refractivity contribution in [1.29, 1.82) is 0 Å². The van der Waals surface area contributed by atoms with Crippen molar-refractivity contribution in [2.75, 3.05) is 26.9 Å². The molecular formula is C31H43NO8. The quantitative estimate of drug-likeness (QED) is 0.154. The molecule has 220 valence electrons. The molecule has 1 aromatic rings. The largest absolute Gasteiger partial charge is 0.507 e. The third-order valence-electron chi connectivity index (χ3n) is 8.16. The Morgan fingerprint density at radius 2 is 1.80 bits per heavy atom. The Morgan fingerprint density at radius 1 is 1.12 bits per heavy atom. The van der Waals surface area contributed by atoms with Gasteiger partial charge in [0.05, 0.1) is 31.2 Å². The monoisotopic (exact) mass is 557 g/mol. The van der Waals surface area contributed by atoms with Crippen molar-refractivity contribution in [2.24, 2.45) is 17.8 Å². The summed E-state index contributed by atoms with van der Waals surface area (Å²) in [6.07, 6.45) is 4.00. The first kappa shape index (κ1) is 31.5. The molecule has 2 amide bonds. The molecule has 3 rings (SSSR count). The van der Waals surface area contributed by atoms with Crippen molar-refractivity contribution in [1.82, 2.24) is 4.90 Å². The highest BCUT2D eigenvalue weighted by molar-refractivity contribution is 6.05. The number of amides is 2. The van der Waals surface area contributed by atoms with Crippen LogP contribution in [0.5, 0.6) is 5.75 Å². The van der Waals surface area contributed by atoms with Crippen molar-refractivity contribution in [3.8, 4) is 5.75 Å². The molecule has 0 aromatic heterocycles. The first-order valence-electron chi connectivity index (χ1n) is 14.0. The molecule has 0 unspecified atom stereocenters. The fraction of sp³-hybridized carbons (Fsp3) is 0.581. The Labute approximate surface area is 236 Å². The van der Waals surface area contributed by atoms with E-state index in [1.807, 2.05) is 39.0 Å². The van der Waals surface area contributed by atoms with Crippen LogP contribution in [0, 0.1) is 31.6 Å². The van der Waals surface area contributed by atoms with E-state index in [-0.39, 0.29) is 43.7 Å². The van der Waals surface area contributed by atoms with Crippen molar-refractivity contribution in [3.63, 3.8) is 0 Å². The number of imide groups is 1. The van der Waals surface area contributed by atoms with E-state index in [1.54, 1.807) is 0 Å². The Morgan fingerprint density at radius 3 is 2.40 bits per heavy atom. The minimum absolute atomic E-state index is 0.0498. The van der Waals surface area contributed by atoms with Crippen LogP contribution in [-0.2, 0) is 19.1 Å². The van der Waals surface area contributed by atoms with Crippen molar-refractivity contribution in [3.05, 3.63) is 45.5 Å². The summed E-state index contributed by atoms with van der Waals surface area (Å²) in [5.74, 6) is -3.21. The maximum Gasteiger partial charge on any atom is 0.303 e. The number of aryl methyl sites for hydroxylation is 2. The van der Waals surface area contributed by atoms with Gasteiger partial charge in [-0.2, -0.15) is 0 Å². The van der Waals surface area contributed by atoms with Crippen LogP contribution < -0.4 is 0 Å². The third-order valence-corrected chi connectivity index (χ3v) is 8.16. The van der Waals surface area contributed by atoms with Gasteiger partial charge < -0.3 is 25.2 Å². The van der Waals surface area contributed by atoms with Crippen molar-refractivity contribution in [2.45, 2.75) is 71.8 Å². The molecular weight excluding hydrogens is 514 g/mol. The number of phenolic OH excluding ortho intramolecular Hbond substituents is 1. The predicted molar refractivity (Wildman–Crippen MR) is 150 cm³/mol. The van der Waals surface area contributed by atoms with Crippen LogP contribution in [0.25, 0.3) is 6.08 Å². The zero-order valence-electron chi connectivity index (χ0n) is 24.0. The molecule has 9 nitrogen and oxygen atoms in total. The number of aliphatic hydroxyl groups excluding tert-OH is 2. The maximum atomic E-state index is 13.4. The highest BCUT2D eigenvalue weighted by Gasteiger charge is 2.54. The number of unbranched alkanes of at least 4 members (excludes halogenated alkanes) is 2. The molecule has 2 aliphatic rings. The van der Waals surface area contributed by atoms with Crippen LogP contribution >= 0.6 is 0 Å². The lowest BCUT2D eigenvalue weighted by Gasteiger charge is -2.36. The molecule has 0 spiro atoms. The van der Waals surface area contributed by atoms with Gasteiger partial charge in [-0.05, 0) is 92.8 Å². The molecule has 9 heteroatoms. The molecule has 0 radical (unpaired) electrons. The van der Waals surface area contributed by atoms with Crippen LogP contribution in [-0.4, -0.2) is 76.1 Å². The number of likely N-dealkylation sites (tertiary alicyclic amines) is 1. The summed E-state index contributed by atoms with van der Waals surface area (Å²) in [5, 5.41) is 40.6. The number of aliphatic carboxylic acids is 1. The van der Waals surface area contributed by atoms with Crippen LogP contribution in [0.1, 0.15) is 68.6 Å². The zero-order valence-corrected chi connectivity index (χ0v) is 24.0. The normalized spacial score (nSPS) is 22.2. The molecule has 4 N–H and O–H groups in total. The molecule has 1 aromatic carbocycles. The third kappa shape index (κ3) is 7.19. The lowest BCUT2D eigenvalue weighted by atomic mass is 9.68. The number of carbonyl (C=O) groups excluding carboxylic acids is 2. The molecule has 40 heavy (non-hydrogen) atoms. The predicted octanol–water partition coefficient (Wildman–Crippen LogP) is 3.75. The maximum absolute atomic E-state index is 13.4. The van der Waals surface area contributed by atoms with Crippen molar-refractivity contribution < 1.29 is 39.5 Å². The summed E-state index contributed by atoms with van der Waals surface area (Å²) in [6, 6.07) is 3.82. The van der Waals surface area contributed by atoms with Gasteiger partial charge in [0, 0.05) is 26.0 Å². The average Bonchev–Trinajstić information content (AvgIpc) is 3.13. The summed E-state index contributed by atoms with van der Waals surface area (Å²) in [6.45, 7) is 5.73. The minimum Gasteiger partial charge on any atom is -0.507 e. The summed E-state index contributed by atoms with van der Waals surface area (Å²) in [4.78, 5) is 38.7. The van der Waals surface area contributed by atoms with Crippen LogP contribution in [0.4, 0.5) is 0 Å². The van der Waals surface area contributed by atoms with Gasteiger partial charge >= 0.3 is 5.97 Å². The smallest absolute Gasteiger partial charge is 0.303 e. The Balaban J connectivity index is 1.75. The summed E-state index contributed by atoms with van der Waals surface area (Å²) in [7, 11) is 1.54. The number of benzene rings is 1. The number of methoxy groups -OCH3 is 1. The second-order valence-corrected chi connectivity index (χ2v) is 11.2. The lowest BCUT2D eigenvalue weighted by Crippen LogP contribution is -2.39. The fourth-order valence-electron chi connectivity index (χ4n) is 6.22. The van der Waals surface area contributed by atoms with Gasteiger partial charge in [0.25, 0.3) is 0 Å². The van der Waals surface area contributed by atoms with Crippen LogP contribution in [0.3, 0.4) is 0 Å². The second-order valence-electron chi connectivity index (χ2n) is 11.2. The number of allylic oxidation sites excluding steroid dienone is 1. The number of aromatic hydroxyl groups is 1. The molecule has 1 saturated heterocycles. The molecule has 1 aliphatic carbocycles. The lowest BCUT2D eigenvalue weighted by molar-refractivity contribution is -0.141. The van der Waals surface area contributed by atoms with Crippen molar-refractivity contribution >= 4 is 23.9 Å². The number of rotatable bonds is 14. The van der Waals surface area contributed by atoms with E-state index in [4.69, 9.17) is 9.84 Å². The van der Waals surface area contributed by atoms with Gasteiger partial charge in [-0.15, -0.1) is 0 Å². The standard InChI is InChI=1S/C31H43NO8/c1-18(12-21-13-19(2)29(37)20(3)14-21)9-10-25(34)27-22(17-40-4)15-23-28(24(27)16-33)31(39)32(30(23)38)11-7-5-6-8-26(35)36/h12-14,23-25,28,33-34,37H,5-11,15-17H2,1-4H3,(H,35,36)/b18-12+/t23-,24+,25-,28-/m1/s1. The van der Waals surface area contributed by atoms with Gasteiger partial charge in [-0.25, -0.2) is 0 Å². The zero-order chi connectivity index (χ0) is 29.6. The van der Waals surface area contributed by atoms with E-state index in [0.29, 0.717) is 44.1 Å². The molecule has 1 heterocycles. The molecule has 4 atom stereocenters. The van der Waals surface area contributed by atoms with E-state index >= 15 is 0 Å². The molecule has 1 aliphatic heterocycles. The summed E-state index contributed by atoms with van der Waals surface area (Å²) >= 11 is 0. The number of carboxylic acid groups (broad SMARTS) is 1. The number of fused-ring (bicyclic) bond motifs is 1. The van der Waals surface area contributed by atoms with Gasteiger partial charge in [-0.3, -0.25) is 19.3 Å². The van der Waals surface area contributed by atoms with E-state index in [1.165, 1.54) is 12.0 Å². The van der Waals surface area contributed by atoms with E-state index < -0.39 is 29.8 Å². The number of carbonyl (C=O) groups is 3. The van der Waals surface area contributed by atoms with Crippen LogP contribution in [0.2, 0.25) is 0 Å². The highest BCUT2D eigenvalue weighted by atomic mass is 16.5. The van der Waals surface area contributed by atoms with E-state index in [0.717, 1.165) is 27.8 Å². The molecule has 0 bridgehead atoms. The number of ether oxygens (including phenoxy) is 1. The first-order valence-corrected chi connectivity index (χ1v) is 14.0. The number of nitrogens with zero attached hydrogens (tertiary/aromatic N) is 1. The SMILES string of the molecule is COCC1=C([C@H](O)CC/C(C)=C/c2cc(C)c(O)c(C)c2)[C@H](CO)[C@@H]2C(=O)N(CCCCCC(=O)O)C(=O)[C@@H]2C1. The topological polar surface area (TPSA) is 145 Å². The first-order chi connectivity index (χ1) is 19.0. The number of carboxylic acids is 1. The molecule has 1 fully saturated rings. The average molecular weight is 558 g/mol. The number of aliphatic hydroxyl groups is 2. The number of hydrogen-bond acceptors (Lipinski definition) is 7. The van der Waals surface area contributed by atoms with Gasteiger partial charge in [0.2, 0.25) is 11.8 Å². The fourth-order valence-corrected chi connectivity index (χ4v) is 6.22. The van der Waals surface area contributed by atoms with Crippen LogP contribution in [0.15, 0.2) is 28.9 Å². The van der Waals surface area contributed by atoms with E-state index in [9.17, 15) is 29.7 Å². The van der Waals surface area contributed by atoms with E-state index in [2.05, 4.69) is 0 Å². The molecule has 0 saturated carbocycles. The highest BCUT2D eigenvalue weighted by Crippen LogP contribution is 2.46. The summed E-state index contributed by atoms with van der Waals surface area (Å²) < 4.78 is 5.40. The summed E-state index contributed by atoms with van der Waals surface area (Å²) in [5.41, 5.74) is 4.94. The minimum atomic E-state index is -0.914. The second kappa shape index (κ2) is 14.1. The number of phenols is 1. The number of hydrogen-bond donors (Lipinski definition) is 4. The van der Waals surface area contributed by atoms with Gasteiger partial charge in [-0.1, -0.05) is 18.1 Å². The van der Waals surface area contributed by atoms with Gasteiger partial charge in [0.1, 0.15) is 5.75 Å².